The Balaban J connectivity index is 2.06. The fraction of sp³-hybridized carbons (Fsp3) is 0.462. The van der Waals surface area contributed by atoms with Gasteiger partial charge in [0.25, 0.3) is 0 Å². The largest absolute Gasteiger partial charge is 0.383 e. The number of fused-ring (bicyclic) bond motifs is 1. The van der Waals surface area contributed by atoms with Crippen LogP contribution >= 0.6 is 11.6 Å². The number of nitrogens with one attached hydrogen (secondary N) is 1. The highest BCUT2D eigenvalue weighted by molar-refractivity contribution is 6.31. The second-order valence-corrected chi connectivity index (χ2v) is 4.88. The number of halogens is 1. The summed E-state index contributed by atoms with van der Waals surface area (Å²) in [5.74, 6) is -0.185. The van der Waals surface area contributed by atoms with Crippen molar-refractivity contribution < 1.29 is 9.53 Å². The van der Waals surface area contributed by atoms with Crippen LogP contribution in [0.4, 0.5) is 0 Å². The number of carbonyl (C=O) groups is 1. The van der Waals surface area contributed by atoms with Crippen molar-refractivity contribution in [2.24, 2.45) is 5.73 Å². The van der Waals surface area contributed by atoms with Crippen molar-refractivity contribution in [3.8, 4) is 0 Å². The first-order chi connectivity index (χ1) is 8.63. The molecule has 2 unspecified atom stereocenters. The van der Waals surface area contributed by atoms with E-state index in [4.69, 9.17) is 22.1 Å². The lowest BCUT2D eigenvalue weighted by atomic mass is 10.1. The average molecular weight is 269 g/mol. The lowest BCUT2D eigenvalue weighted by molar-refractivity contribution is -0.124. The Kier molecular flexibility index (Phi) is 4.22. The van der Waals surface area contributed by atoms with Gasteiger partial charge in [-0.15, -0.1) is 0 Å². The lowest BCUT2D eigenvalue weighted by Crippen LogP contribution is -2.44. The van der Waals surface area contributed by atoms with Crippen molar-refractivity contribution in [3.63, 3.8) is 0 Å². The summed E-state index contributed by atoms with van der Waals surface area (Å²) >= 11 is 6.13. The molecule has 98 valence electrons. The van der Waals surface area contributed by atoms with Crippen LogP contribution in [0.5, 0.6) is 0 Å². The minimum atomic E-state index is -0.627. The summed E-state index contributed by atoms with van der Waals surface area (Å²) in [6.07, 6.45) is 1.75. The normalized spacial score (nSPS) is 19.4. The number of carbonyl (C=O) groups excluding carboxylic acids is 1. The molecule has 18 heavy (non-hydrogen) atoms. The van der Waals surface area contributed by atoms with Crippen molar-refractivity contribution in [2.45, 2.75) is 24.9 Å². The monoisotopic (exact) mass is 268 g/mol. The highest BCUT2D eigenvalue weighted by Crippen LogP contribution is 2.35. The second kappa shape index (κ2) is 5.69. The molecule has 0 bridgehead atoms. The molecule has 1 aliphatic rings. The molecule has 0 spiro atoms. The molecule has 0 aliphatic heterocycles. The number of nitrogens with two attached hydrogens (primary N) is 1. The van der Waals surface area contributed by atoms with Crippen molar-refractivity contribution in [2.75, 3.05) is 13.7 Å². The lowest BCUT2D eigenvalue weighted by Gasteiger charge is -2.17. The zero-order valence-corrected chi connectivity index (χ0v) is 11.0. The van der Waals surface area contributed by atoms with Gasteiger partial charge in [-0.3, -0.25) is 4.79 Å². The van der Waals surface area contributed by atoms with Gasteiger partial charge in [0.2, 0.25) is 5.91 Å². The van der Waals surface area contributed by atoms with E-state index < -0.39 is 6.04 Å². The van der Waals surface area contributed by atoms with Gasteiger partial charge >= 0.3 is 0 Å². The molecule has 4 nitrogen and oxygen atoms in total. The summed E-state index contributed by atoms with van der Waals surface area (Å²) in [6, 6.07) is 5.16. The van der Waals surface area contributed by atoms with Crippen molar-refractivity contribution >= 4 is 17.5 Å². The second-order valence-electron chi connectivity index (χ2n) is 4.47. The zero-order valence-electron chi connectivity index (χ0n) is 10.3. The maximum atomic E-state index is 11.8. The van der Waals surface area contributed by atoms with Gasteiger partial charge in [-0.05, 0) is 30.0 Å². The number of rotatable bonds is 4. The number of hydrogen-bond donors (Lipinski definition) is 2. The molecule has 2 rings (SSSR count). The van der Waals surface area contributed by atoms with Gasteiger partial charge in [0.05, 0.1) is 12.6 Å². The molecular weight excluding hydrogens is 252 g/mol. The molecule has 0 heterocycles. The van der Waals surface area contributed by atoms with E-state index in [-0.39, 0.29) is 18.6 Å². The number of methoxy groups -OCH3 is 1. The first-order valence-corrected chi connectivity index (χ1v) is 6.33. The quantitative estimate of drug-likeness (QED) is 0.868. The summed E-state index contributed by atoms with van der Waals surface area (Å²) in [5, 5.41) is 3.71. The molecule has 3 N–H and O–H groups in total. The molecule has 0 fully saturated rings. The van der Waals surface area contributed by atoms with E-state index in [2.05, 4.69) is 5.32 Å². The Morgan fingerprint density at radius 3 is 3.17 bits per heavy atom. The maximum Gasteiger partial charge on any atom is 0.239 e. The molecular formula is C13H17ClN2O2. The summed E-state index contributed by atoms with van der Waals surface area (Å²) in [6.45, 7) is 0.223. The van der Waals surface area contributed by atoms with Crippen LogP contribution in [-0.4, -0.2) is 25.7 Å². The van der Waals surface area contributed by atoms with Gasteiger partial charge in [0, 0.05) is 12.1 Å². The van der Waals surface area contributed by atoms with Crippen molar-refractivity contribution in [3.05, 3.63) is 34.3 Å². The summed E-state index contributed by atoms with van der Waals surface area (Å²) in [4.78, 5) is 11.8. The Labute approximate surface area is 111 Å². The predicted octanol–water partition coefficient (Wildman–Crippen LogP) is 1.42. The molecule has 0 saturated heterocycles. The van der Waals surface area contributed by atoms with Crippen LogP contribution in [0.25, 0.3) is 0 Å². The molecule has 0 radical (unpaired) electrons. The van der Waals surface area contributed by atoms with Crippen LogP contribution in [0.1, 0.15) is 23.6 Å². The molecule has 5 heteroatoms. The van der Waals surface area contributed by atoms with E-state index in [1.807, 2.05) is 18.2 Å². The van der Waals surface area contributed by atoms with Gasteiger partial charge < -0.3 is 15.8 Å². The molecule has 1 aliphatic carbocycles. The van der Waals surface area contributed by atoms with E-state index in [0.29, 0.717) is 0 Å². The van der Waals surface area contributed by atoms with Gasteiger partial charge in [-0.2, -0.15) is 0 Å². The van der Waals surface area contributed by atoms with E-state index in [1.165, 1.54) is 7.11 Å². The standard InChI is InChI=1S/C13H17ClN2O2/c1-18-7-11(15)13(17)16-12-6-5-8-9(12)3-2-4-10(8)14/h2-4,11-12H,5-7,15H2,1H3,(H,16,17). The molecule has 1 amide bonds. The fourth-order valence-electron chi connectivity index (χ4n) is 2.29. The van der Waals surface area contributed by atoms with Gasteiger partial charge in [0.1, 0.15) is 6.04 Å². The van der Waals surface area contributed by atoms with E-state index >= 15 is 0 Å². The zero-order chi connectivity index (χ0) is 13.1. The molecule has 2 atom stereocenters. The van der Waals surface area contributed by atoms with Crippen molar-refractivity contribution in [1.82, 2.24) is 5.32 Å². The minimum absolute atomic E-state index is 0.00843. The van der Waals surface area contributed by atoms with Crippen LogP contribution in [0.2, 0.25) is 5.02 Å². The molecule has 1 aromatic rings. The first kappa shape index (κ1) is 13.3. The topological polar surface area (TPSA) is 64.3 Å². The number of ether oxygens (including phenoxy) is 1. The first-order valence-electron chi connectivity index (χ1n) is 5.95. The summed E-state index contributed by atoms with van der Waals surface area (Å²) < 4.78 is 4.87. The van der Waals surface area contributed by atoms with E-state index in [9.17, 15) is 4.79 Å². The van der Waals surface area contributed by atoms with E-state index in [0.717, 1.165) is 29.0 Å². The molecule has 0 saturated carbocycles. The molecule has 0 aromatic heterocycles. The Morgan fingerprint density at radius 1 is 1.67 bits per heavy atom. The SMILES string of the molecule is COCC(N)C(=O)NC1CCc2c(Cl)cccc21. The highest BCUT2D eigenvalue weighted by atomic mass is 35.5. The Bertz CT molecular complexity index is 451. The van der Waals surface area contributed by atoms with Gasteiger partial charge in [-0.1, -0.05) is 23.7 Å². The smallest absolute Gasteiger partial charge is 0.239 e. The number of hydrogen-bond acceptors (Lipinski definition) is 3. The third-order valence-electron chi connectivity index (χ3n) is 3.21. The fourth-order valence-corrected chi connectivity index (χ4v) is 2.57. The van der Waals surface area contributed by atoms with Crippen LogP contribution in [-0.2, 0) is 16.0 Å². The summed E-state index contributed by atoms with van der Waals surface area (Å²) in [5.41, 5.74) is 7.92. The number of amides is 1. The molecule has 1 aromatic carbocycles. The van der Waals surface area contributed by atoms with Crippen molar-refractivity contribution in [1.29, 1.82) is 0 Å². The minimum Gasteiger partial charge on any atom is -0.383 e. The third kappa shape index (κ3) is 2.66. The van der Waals surface area contributed by atoms with E-state index in [1.54, 1.807) is 0 Å². The van der Waals surface area contributed by atoms with Crippen LogP contribution in [0.15, 0.2) is 18.2 Å². The predicted molar refractivity (Wildman–Crippen MR) is 70.5 cm³/mol. The number of benzene rings is 1. The van der Waals surface area contributed by atoms with Crippen LogP contribution in [0.3, 0.4) is 0 Å². The third-order valence-corrected chi connectivity index (χ3v) is 3.57. The highest BCUT2D eigenvalue weighted by Gasteiger charge is 2.26. The maximum absolute atomic E-state index is 11.8. The average Bonchev–Trinajstić information content (AvgIpc) is 2.74. The Morgan fingerprint density at radius 2 is 2.44 bits per heavy atom. The van der Waals surface area contributed by atoms with Gasteiger partial charge in [0.15, 0.2) is 0 Å². The van der Waals surface area contributed by atoms with Crippen LogP contribution in [0, 0.1) is 0 Å². The van der Waals surface area contributed by atoms with Gasteiger partial charge in [-0.25, -0.2) is 0 Å². The Hall–Kier alpha value is -1.10. The summed E-state index contributed by atoms with van der Waals surface area (Å²) in [7, 11) is 1.53. The van der Waals surface area contributed by atoms with Crippen LogP contribution < -0.4 is 11.1 Å².